The molecule has 0 aliphatic rings. The Bertz CT molecular complexity index is 702. The lowest BCUT2D eigenvalue weighted by atomic mass is 10.0. The fourth-order valence-electron chi connectivity index (χ4n) is 1.88. The van der Waals surface area contributed by atoms with E-state index in [0.29, 0.717) is 10.0 Å². The van der Waals surface area contributed by atoms with Gasteiger partial charge in [0.2, 0.25) is 0 Å². The van der Waals surface area contributed by atoms with Gasteiger partial charge in [0, 0.05) is 18.1 Å². The molecule has 0 unspecified atom stereocenters. The number of benzene rings is 1. The summed E-state index contributed by atoms with van der Waals surface area (Å²) in [6.45, 7) is 11.3. The molecule has 0 fully saturated rings. The van der Waals surface area contributed by atoms with Crippen molar-refractivity contribution < 1.29 is 0 Å². The molecule has 0 amide bonds. The van der Waals surface area contributed by atoms with Gasteiger partial charge >= 0.3 is 0 Å². The highest BCUT2D eigenvalue weighted by Crippen LogP contribution is 2.26. The van der Waals surface area contributed by atoms with Gasteiger partial charge in [0.25, 0.3) is 0 Å². The highest BCUT2D eigenvalue weighted by Gasteiger charge is 2.05. The van der Waals surface area contributed by atoms with Crippen molar-refractivity contribution in [1.29, 1.82) is 0 Å². The van der Waals surface area contributed by atoms with Crippen molar-refractivity contribution in [1.82, 2.24) is 4.90 Å². The van der Waals surface area contributed by atoms with E-state index in [4.69, 9.17) is 23.2 Å². The highest BCUT2D eigenvalue weighted by atomic mass is 79.9. The Hall–Kier alpha value is -1.03. The third kappa shape index (κ3) is 7.81. The minimum atomic E-state index is 0.577. The summed E-state index contributed by atoms with van der Waals surface area (Å²) in [6, 6.07) is 5.72. The molecule has 2 nitrogen and oxygen atoms in total. The Morgan fingerprint density at radius 2 is 1.96 bits per heavy atom. The van der Waals surface area contributed by atoms with Crippen molar-refractivity contribution in [3.63, 3.8) is 0 Å². The lowest BCUT2D eigenvalue weighted by molar-refractivity contribution is 0.551. The normalized spacial score (nSPS) is 11.7. The Kier molecular flexibility index (Phi) is 9.55. The predicted molar refractivity (Wildman–Crippen MR) is 116 cm³/mol. The van der Waals surface area contributed by atoms with E-state index in [1.165, 1.54) is 0 Å². The van der Waals surface area contributed by atoms with E-state index in [0.717, 1.165) is 46.3 Å². The maximum absolute atomic E-state index is 6.07. The lowest BCUT2D eigenvalue weighted by Gasteiger charge is -2.10. The van der Waals surface area contributed by atoms with Gasteiger partial charge in [0.15, 0.2) is 0 Å². The molecular formula is C20H25BrCl2N2. The van der Waals surface area contributed by atoms with E-state index in [2.05, 4.69) is 34.4 Å². The zero-order chi connectivity index (χ0) is 19.0. The molecule has 1 aromatic rings. The average molecular weight is 444 g/mol. The monoisotopic (exact) mass is 442 g/mol. The fraction of sp³-hybridized carbons (Fsp3) is 0.350. The zero-order valence-corrected chi connectivity index (χ0v) is 18.3. The van der Waals surface area contributed by atoms with E-state index < -0.39 is 0 Å². The van der Waals surface area contributed by atoms with Gasteiger partial charge in [-0.25, -0.2) is 4.99 Å². The van der Waals surface area contributed by atoms with Crippen LogP contribution in [-0.2, 0) is 6.42 Å². The second kappa shape index (κ2) is 10.8. The van der Waals surface area contributed by atoms with Crippen molar-refractivity contribution in [2.45, 2.75) is 33.6 Å². The van der Waals surface area contributed by atoms with Crippen LogP contribution in [-0.4, -0.2) is 24.8 Å². The first-order chi connectivity index (χ1) is 11.7. The summed E-state index contributed by atoms with van der Waals surface area (Å²) in [7, 11) is 2.00. The summed E-state index contributed by atoms with van der Waals surface area (Å²) < 4.78 is 0.958. The minimum absolute atomic E-state index is 0.577. The molecule has 0 spiro atoms. The van der Waals surface area contributed by atoms with Gasteiger partial charge in [-0.1, -0.05) is 57.4 Å². The van der Waals surface area contributed by atoms with E-state index in [1.807, 2.05) is 56.4 Å². The number of halogens is 3. The maximum Gasteiger partial charge on any atom is 0.0909 e. The number of allylic oxidation sites excluding steroid dienone is 4. The first-order valence-corrected chi connectivity index (χ1v) is 9.70. The molecule has 0 aromatic heterocycles. The van der Waals surface area contributed by atoms with Gasteiger partial charge < -0.3 is 4.90 Å². The number of rotatable bonds is 8. The van der Waals surface area contributed by atoms with Crippen LogP contribution in [0.2, 0.25) is 10.0 Å². The molecule has 0 aliphatic carbocycles. The number of hydrogen-bond acceptors (Lipinski definition) is 1. The van der Waals surface area contributed by atoms with Gasteiger partial charge in [-0.3, -0.25) is 0 Å². The summed E-state index contributed by atoms with van der Waals surface area (Å²) in [5.41, 5.74) is 4.24. The third-order valence-electron chi connectivity index (χ3n) is 3.71. The second-order valence-corrected chi connectivity index (χ2v) is 7.72. The summed E-state index contributed by atoms with van der Waals surface area (Å²) in [4.78, 5) is 6.59. The first-order valence-electron chi connectivity index (χ1n) is 8.15. The Balaban J connectivity index is 2.78. The molecule has 0 heterocycles. The number of aryl methyl sites for hydroxylation is 1. The van der Waals surface area contributed by atoms with E-state index in [9.17, 15) is 0 Å². The predicted octanol–water partition coefficient (Wildman–Crippen LogP) is 7.03. The van der Waals surface area contributed by atoms with E-state index >= 15 is 0 Å². The SMILES string of the molecule is C=C(CCc1ccc(Cl)c(Cl)c1)/C(Br)=C\C(/N=C/N(C)CC)=C(C)C. The molecule has 1 aromatic carbocycles. The average Bonchev–Trinajstić information content (AvgIpc) is 2.58. The highest BCUT2D eigenvalue weighted by molar-refractivity contribution is 9.12. The van der Waals surface area contributed by atoms with E-state index in [-0.39, 0.29) is 0 Å². The largest absolute Gasteiger partial charge is 0.366 e. The minimum Gasteiger partial charge on any atom is -0.366 e. The summed E-state index contributed by atoms with van der Waals surface area (Å²) in [6.07, 6.45) is 5.54. The second-order valence-electron chi connectivity index (χ2n) is 6.05. The standard InChI is InChI=1S/C20H25BrCl2N2/c1-6-25(5)13-24-20(14(2)3)12-17(21)15(4)7-8-16-9-10-18(22)19(23)11-16/h9-13H,4,6-8H2,1-3,5H3/b17-12+,24-13+. The van der Waals surface area contributed by atoms with Crippen LogP contribution in [0.4, 0.5) is 0 Å². The third-order valence-corrected chi connectivity index (χ3v) is 5.23. The molecule has 25 heavy (non-hydrogen) atoms. The first kappa shape index (κ1) is 22.0. The van der Waals surface area contributed by atoms with Crippen LogP contribution in [0.5, 0.6) is 0 Å². The van der Waals surface area contributed by atoms with E-state index in [1.54, 1.807) is 0 Å². The number of hydrogen-bond donors (Lipinski definition) is 0. The summed E-state index contributed by atoms with van der Waals surface area (Å²) >= 11 is 15.7. The van der Waals surface area contributed by atoms with Gasteiger partial charge in [0.05, 0.1) is 22.1 Å². The molecule has 0 bridgehead atoms. The lowest BCUT2D eigenvalue weighted by Crippen LogP contribution is -2.14. The van der Waals surface area contributed by atoms with Gasteiger partial charge in [-0.15, -0.1) is 0 Å². The molecule has 1 rings (SSSR count). The van der Waals surface area contributed by atoms with Crippen molar-refractivity contribution in [3.8, 4) is 0 Å². The topological polar surface area (TPSA) is 15.6 Å². The quantitative estimate of drug-likeness (QED) is 0.239. The van der Waals surface area contributed by atoms with Crippen LogP contribution in [0.3, 0.4) is 0 Å². The Morgan fingerprint density at radius 1 is 1.28 bits per heavy atom. The molecule has 0 saturated heterocycles. The smallest absolute Gasteiger partial charge is 0.0909 e. The van der Waals surface area contributed by atoms with Gasteiger partial charge in [-0.05, 0) is 63.0 Å². The zero-order valence-electron chi connectivity index (χ0n) is 15.2. The molecule has 0 radical (unpaired) electrons. The van der Waals surface area contributed by atoms with Crippen LogP contribution in [0, 0.1) is 0 Å². The molecule has 136 valence electrons. The van der Waals surface area contributed by atoms with Crippen LogP contribution in [0.25, 0.3) is 0 Å². The Labute approximate surface area is 170 Å². The number of nitrogens with zero attached hydrogens (tertiary/aromatic N) is 2. The van der Waals surface area contributed by atoms with Crippen molar-refractivity contribution >= 4 is 45.5 Å². The van der Waals surface area contributed by atoms with Crippen molar-refractivity contribution in [3.05, 3.63) is 67.8 Å². The van der Waals surface area contributed by atoms with Gasteiger partial charge in [0.1, 0.15) is 0 Å². The van der Waals surface area contributed by atoms with Crippen LogP contribution >= 0.6 is 39.1 Å². The fourth-order valence-corrected chi connectivity index (χ4v) is 2.62. The van der Waals surface area contributed by atoms with Crippen LogP contribution in [0.1, 0.15) is 32.8 Å². The molecule has 5 heteroatoms. The molecule has 0 saturated carbocycles. The van der Waals surface area contributed by atoms with Crippen LogP contribution in [0.15, 0.2) is 57.2 Å². The summed E-state index contributed by atoms with van der Waals surface area (Å²) in [5.74, 6) is 0. The molecular weight excluding hydrogens is 419 g/mol. The number of aliphatic imine (C=N–C) groups is 1. The maximum atomic E-state index is 6.07. The van der Waals surface area contributed by atoms with Crippen LogP contribution < -0.4 is 0 Å². The summed E-state index contributed by atoms with van der Waals surface area (Å²) in [5, 5.41) is 1.16. The van der Waals surface area contributed by atoms with Gasteiger partial charge in [-0.2, -0.15) is 0 Å². The van der Waals surface area contributed by atoms with Crippen molar-refractivity contribution in [2.24, 2.45) is 4.99 Å². The Morgan fingerprint density at radius 3 is 2.52 bits per heavy atom. The molecule has 0 N–H and O–H groups in total. The molecule has 0 atom stereocenters. The van der Waals surface area contributed by atoms with Crippen molar-refractivity contribution in [2.75, 3.05) is 13.6 Å². The molecule has 0 aliphatic heterocycles.